The van der Waals surface area contributed by atoms with Crippen LogP contribution in [-0.4, -0.2) is 56.9 Å². The molecule has 8 nitrogen and oxygen atoms in total. The van der Waals surface area contributed by atoms with E-state index in [4.69, 9.17) is 9.72 Å². The number of hydrogen-bond acceptors (Lipinski definition) is 6. The summed E-state index contributed by atoms with van der Waals surface area (Å²) in [5, 5.41) is 15.0. The molecule has 1 unspecified atom stereocenters. The molecule has 0 aliphatic heterocycles. The summed E-state index contributed by atoms with van der Waals surface area (Å²) in [6, 6.07) is 11.9. The molecule has 9 heteroatoms. The van der Waals surface area contributed by atoms with Gasteiger partial charge in [-0.25, -0.2) is 13.9 Å². The molecule has 0 fully saturated rings. The monoisotopic (exact) mass is 409 g/mol. The Labute approximate surface area is 173 Å². The Hall–Kier alpha value is -3.30. The van der Waals surface area contributed by atoms with Crippen LogP contribution in [0.1, 0.15) is 23.2 Å². The highest BCUT2D eigenvalue weighted by Crippen LogP contribution is 2.27. The minimum Gasteiger partial charge on any atom is -0.364 e. The van der Waals surface area contributed by atoms with E-state index in [-0.39, 0.29) is 5.82 Å². The van der Waals surface area contributed by atoms with Gasteiger partial charge in [0.1, 0.15) is 17.4 Å². The Bertz CT molecular complexity index is 1120. The Morgan fingerprint density at radius 3 is 2.73 bits per heavy atom. The van der Waals surface area contributed by atoms with E-state index in [1.807, 2.05) is 50.3 Å². The summed E-state index contributed by atoms with van der Waals surface area (Å²) in [6.07, 6.45) is 1.31. The number of H-pyrrole nitrogens is 1. The number of nitrogens with one attached hydrogen (secondary N) is 2. The van der Waals surface area contributed by atoms with Gasteiger partial charge < -0.3 is 15.0 Å². The summed E-state index contributed by atoms with van der Waals surface area (Å²) in [5.74, 6) is 1.44. The zero-order valence-corrected chi connectivity index (χ0v) is 17.1. The van der Waals surface area contributed by atoms with Gasteiger partial charge >= 0.3 is 0 Å². The number of benzene rings is 1. The molecule has 30 heavy (non-hydrogen) atoms. The Morgan fingerprint density at radius 1 is 1.23 bits per heavy atom. The number of likely N-dealkylation sites (N-methyl/N-ethyl adjacent to an activating group) is 1. The number of halogens is 1. The zero-order chi connectivity index (χ0) is 21.1. The highest BCUT2D eigenvalue weighted by molar-refractivity contribution is 5.72. The highest BCUT2D eigenvalue weighted by atomic mass is 19.1. The van der Waals surface area contributed by atoms with E-state index in [9.17, 15) is 4.39 Å². The molecule has 3 aromatic heterocycles. The van der Waals surface area contributed by atoms with Gasteiger partial charge in [0.15, 0.2) is 17.5 Å². The average molecular weight is 409 g/mol. The van der Waals surface area contributed by atoms with Gasteiger partial charge in [0.2, 0.25) is 0 Å². The van der Waals surface area contributed by atoms with E-state index in [2.05, 4.69) is 20.6 Å². The number of rotatable bonds is 8. The van der Waals surface area contributed by atoms with Crippen LogP contribution in [0.2, 0.25) is 0 Å². The van der Waals surface area contributed by atoms with E-state index < -0.39 is 6.10 Å². The van der Waals surface area contributed by atoms with Crippen LogP contribution >= 0.6 is 0 Å². The molecule has 0 saturated heterocycles. The first-order valence-corrected chi connectivity index (χ1v) is 9.66. The molecule has 0 radical (unpaired) electrons. The molecular formula is C21H24FN7O. The van der Waals surface area contributed by atoms with Crippen LogP contribution in [0.5, 0.6) is 0 Å². The lowest BCUT2D eigenvalue weighted by molar-refractivity contribution is 0.0627. The van der Waals surface area contributed by atoms with Crippen LogP contribution in [0.15, 0.2) is 48.7 Å². The van der Waals surface area contributed by atoms with Crippen LogP contribution in [0.4, 0.5) is 16.0 Å². The summed E-state index contributed by atoms with van der Waals surface area (Å²) in [6.45, 7) is 3.14. The average Bonchev–Trinajstić information content (AvgIpc) is 3.35. The fourth-order valence-electron chi connectivity index (χ4n) is 3.07. The number of ether oxygens (including phenoxy) is 1. The third-order valence-electron chi connectivity index (χ3n) is 4.59. The van der Waals surface area contributed by atoms with E-state index in [1.165, 1.54) is 12.1 Å². The normalized spacial score (nSPS) is 12.6. The van der Waals surface area contributed by atoms with E-state index in [0.29, 0.717) is 24.1 Å². The molecule has 1 aromatic carbocycles. The Morgan fingerprint density at radius 2 is 2.03 bits per heavy atom. The minimum atomic E-state index is -0.543. The standard InChI is InChI=1S/C21H24FN7O/c1-14-13-18(26-25-14)23-20-17-5-4-10-29(17)27-21(24-20)19(30-12-11-28(2)3)15-6-8-16(22)9-7-15/h4-10,13,19H,11-12H2,1-3H3,(H2,23,24,25,26,27). The topological polar surface area (TPSA) is 83.4 Å². The van der Waals surface area contributed by atoms with Crippen molar-refractivity contribution in [3.63, 3.8) is 0 Å². The molecule has 0 aliphatic rings. The molecule has 0 spiro atoms. The fourth-order valence-corrected chi connectivity index (χ4v) is 3.07. The van der Waals surface area contributed by atoms with Gasteiger partial charge in [-0.2, -0.15) is 5.10 Å². The van der Waals surface area contributed by atoms with Gasteiger partial charge in [0.05, 0.1) is 6.61 Å². The molecule has 2 N–H and O–H groups in total. The lowest BCUT2D eigenvalue weighted by Gasteiger charge is -2.20. The third-order valence-corrected chi connectivity index (χ3v) is 4.59. The van der Waals surface area contributed by atoms with Crippen LogP contribution in [0, 0.1) is 12.7 Å². The van der Waals surface area contributed by atoms with Crippen molar-refractivity contribution >= 4 is 17.2 Å². The molecule has 4 aromatic rings. The van der Waals surface area contributed by atoms with Crippen LogP contribution < -0.4 is 5.32 Å². The van der Waals surface area contributed by atoms with Gasteiger partial charge in [-0.05, 0) is 50.8 Å². The number of aryl methyl sites for hydroxylation is 1. The Kier molecular flexibility index (Phi) is 5.73. The SMILES string of the molecule is Cc1cc(Nc2nc(C(OCCN(C)C)c3ccc(F)cc3)nn3cccc23)n[nH]1. The van der Waals surface area contributed by atoms with Crippen molar-refractivity contribution in [1.82, 2.24) is 29.7 Å². The smallest absolute Gasteiger partial charge is 0.184 e. The van der Waals surface area contributed by atoms with E-state index >= 15 is 0 Å². The maximum absolute atomic E-state index is 13.5. The second kappa shape index (κ2) is 8.60. The number of anilines is 2. The fraction of sp³-hybridized carbons (Fsp3) is 0.286. The first-order valence-electron chi connectivity index (χ1n) is 9.66. The molecule has 156 valence electrons. The van der Waals surface area contributed by atoms with Crippen LogP contribution in [-0.2, 0) is 4.74 Å². The van der Waals surface area contributed by atoms with Crippen LogP contribution in [0.25, 0.3) is 5.52 Å². The maximum Gasteiger partial charge on any atom is 0.184 e. The lowest BCUT2D eigenvalue weighted by atomic mass is 10.1. The third kappa shape index (κ3) is 4.47. The van der Waals surface area contributed by atoms with Gasteiger partial charge in [-0.3, -0.25) is 5.10 Å². The highest BCUT2D eigenvalue weighted by Gasteiger charge is 2.21. The lowest BCUT2D eigenvalue weighted by Crippen LogP contribution is -2.21. The van der Waals surface area contributed by atoms with E-state index in [0.717, 1.165) is 23.3 Å². The second-order valence-electron chi connectivity index (χ2n) is 7.32. The quantitative estimate of drug-likeness (QED) is 0.465. The van der Waals surface area contributed by atoms with Crippen molar-refractivity contribution in [1.29, 1.82) is 0 Å². The van der Waals surface area contributed by atoms with Gasteiger partial charge in [0, 0.05) is 24.5 Å². The number of hydrogen-bond donors (Lipinski definition) is 2. The zero-order valence-electron chi connectivity index (χ0n) is 17.1. The summed E-state index contributed by atoms with van der Waals surface area (Å²) >= 11 is 0. The number of aromatic amines is 1. The summed E-state index contributed by atoms with van der Waals surface area (Å²) < 4.78 is 21.4. The van der Waals surface area contributed by atoms with E-state index in [1.54, 1.807) is 16.6 Å². The summed E-state index contributed by atoms with van der Waals surface area (Å²) in [4.78, 5) is 6.78. The summed E-state index contributed by atoms with van der Waals surface area (Å²) in [5.41, 5.74) is 2.53. The maximum atomic E-state index is 13.5. The largest absolute Gasteiger partial charge is 0.364 e. The van der Waals surface area contributed by atoms with Crippen molar-refractivity contribution in [2.75, 3.05) is 32.6 Å². The van der Waals surface area contributed by atoms with Gasteiger partial charge in [0.25, 0.3) is 0 Å². The minimum absolute atomic E-state index is 0.302. The predicted molar refractivity (Wildman–Crippen MR) is 112 cm³/mol. The number of aromatic nitrogens is 5. The van der Waals surface area contributed by atoms with Gasteiger partial charge in [-0.1, -0.05) is 12.1 Å². The van der Waals surface area contributed by atoms with Crippen LogP contribution in [0.3, 0.4) is 0 Å². The van der Waals surface area contributed by atoms with Gasteiger partial charge in [-0.15, -0.1) is 5.10 Å². The Balaban J connectivity index is 1.73. The number of fused-ring (bicyclic) bond motifs is 1. The molecule has 1 atom stereocenters. The molecule has 0 saturated carbocycles. The summed E-state index contributed by atoms with van der Waals surface area (Å²) in [7, 11) is 3.96. The molecule has 0 amide bonds. The molecular weight excluding hydrogens is 385 g/mol. The molecule has 3 heterocycles. The van der Waals surface area contributed by atoms with Crippen molar-refractivity contribution < 1.29 is 9.13 Å². The molecule has 0 bridgehead atoms. The van der Waals surface area contributed by atoms with Crippen molar-refractivity contribution in [3.05, 3.63) is 71.6 Å². The van der Waals surface area contributed by atoms with Crippen molar-refractivity contribution in [3.8, 4) is 0 Å². The van der Waals surface area contributed by atoms with Crippen molar-refractivity contribution in [2.45, 2.75) is 13.0 Å². The first-order chi connectivity index (χ1) is 14.5. The molecule has 0 aliphatic carbocycles. The predicted octanol–water partition coefficient (Wildman–Crippen LogP) is 3.31. The number of nitrogens with zero attached hydrogens (tertiary/aromatic N) is 5. The first kappa shape index (κ1) is 20.0. The van der Waals surface area contributed by atoms with Crippen molar-refractivity contribution in [2.24, 2.45) is 0 Å². The molecule has 4 rings (SSSR count). The second-order valence-corrected chi connectivity index (χ2v) is 7.32.